The molecule has 0 unspecified atom stereocenters. The van der Waals surface area contributed by atoms with E-state index < -0.39 is 34.1 Å². The fourth-order valence-corrected chi connectivity index (χ4v) is 6.43. The average molecular weight is 628 g/mol. The first kappa shape index (κ1) is 33.3. The Kier molecular flexibility index (Phi) is 10.7. The van der Waals surface area contributed by atoms with E-state index in [1.807, 2.05) is 76.2 Å². The van der Waals surface area contributed by atoms with Gasteiger partial charge < -0.3 is 15.0 Å². The third-order valence-corrected chi connectivity index (χ3v) is 8.94. The number of carbonyl (C=O) groups excluding carboxylic acids is 2. The van der Waals surface area contributed by atoms with Gasteiger partial charge in [0.1, 0.15) is 18.3 Å². The Morgan fingerprint density at radius 3 is 2.07 bits per heavy atom. The largest absolute Gasteiger partial charge is 0.497 e. The first-order valence-corrected chi connectivity index (χ1v) is 16.2. The Morgan fingerprint density at radius 2 is 1.44 bits per heavy atom. The van der Waals surface area contributed by atoms with Gasteiger partial charge in [-0.15, -0.1) is 0 Å². The van der Waals surface area contributed by atoms with Gasteiger partial charge >= 0.3 is 0 Å². The molecule has 0 aromatic heterocycles. The number of carbonyl (C=O) groups is 2. The van der Waals surface area contributed by atoms with Gasteiger partial charge in [-0.2, -0.15) is 0 Å². The number of nitrogens with one attached hydrogen (secondary N) is 1. The van der Waals surface area contributed by atoms with E-state index >= 15 is 0 Å². The van der Waals surface area contributed by atoms with Crippen LogP contribution in [0, 0.1) is 6.92 Å². The average Bonchev–Trinajstić information content (AvgIpc) is 3.01. The first-order valence-electron chi connectivity index (χ1n) is 14.8. The van der Waals surface area contributed by atoms with E-state index in [2.05, 4.69) is 5.32 Å². The Hall–Kier alpha value is -4.63. The molecule has 45 heavy (non-hydrogen) atoms. The monoisotopic (exact) mass is 627 g/mol. The molecule has 0 radical (unpaired) electrons. The highest BCUT2D eigenvalue weighted by Crippen LogP contribution is 2.26. The first-order chi connectivity index (χ1) is 21.4. The van der Waals surface area contributed by atoms with Gasteiger partial charge in [-0.3, -0.25) is 13.9 Å². The van der Waals surface area contributed by atoms with Crippen LogP contribution >= 0.6 is 0 Å². The number of benzene rings is 4. The summed E-state index contributed by atoms with van der Waals surface area (Å²) in [5, 5.41) is 3.04. The molecule has 236 valence electrons. The maximum atomic E-state index is 14.6. The van der Waals surface area contributed by atoms with E-state index in [9.17, 15) is 18.0 Å². The smallest absolute Gasteiger partial charge is 0.264 e. The summed E-state index contributed by atoms with van der Waals surface area (Å²) >= 11 is 0. The van der Waals surface area contributed by atoms with Gasteiger partial charge in [0.2, 0.25) is 11.8 Å². The molecular weight excluding hydrogens is 586 g/mol. The van der Waals surface area contributed by atoms with Crippen molar-refractivity contribution < 1.29 is 22.7 Å². The van der Waals surface area contributed by atoms with Crippen molar-refractivity contribution in [3.8, 4) is 5.75 Å². The third kappa shape index (κ3) is 8.95. The highest BCUT2D eigenvalue weighted by atomic mass is 32.2. The molecule has 0 saturated carbocycles. The van der Waals surface area contributed by atoms with Crippen molar-refractivity contribution >= 4 is 27.5 Å². The summed E-state index contributed by atoms with van der Waals surface area (Å²) in [7, 11) is -2.59. The molecule has 0 aliphatic heterocycles. The Morgan fingerprint density at radius 1 is 0.822 bits per heavy atom. The Bertz CT molecular complexity index is 1700. The van der Waals surface area contributed by atoms with E-state index in [4.69, 9.17) is 4.74 Å². The number of nitrogens with zero attached hydrogens (tertiary/aromatic N) is 2. The van der Waals surface area contributed by atoms with Gasteiger partial charge in [0, 0.05) is 18.5 Å². The second-order valence-corrected chi connectivity index (χ2v) is 13.8. The van der Waals surface area contributed by atoms with Crippen LogP contribution < -0.4 is 14.4 Å². The maximum Gasteiger partial charge on any atom is 0.264 e. The molecule has 0 aliphatic rings. The van der Waals surface area contributed by atoms with Crippen LogP contribution in [0.1, 0.15) is 37.5 Å². The van der Waals surface area contributed by atoms with Crippen LogP contribution in [-0.4, -0.2) is 50.4 Å². The number of aryl methyl sites for hydroxylation is 1. The molecule has 8 nitrogen and oxygen atoms in total. The van der Waals surface area contributed by atoms with Crippen molar-refractivity contribution in [1.29, 1.82) is 0 Å². The molecule has 2 amide bonds. The number of sulfonamides is 1. The van der Waals surface area contributed by atoms with E-state index in [-0.39, 0.29) is 23.8 Å². The van der Waals surface area contributed by atoms with Crippen molar-refractivity contribution in [2.45, 2.75) is 57.1 Å². The summed E-state index contributed by atoms with van der Waals surface area (Å²) < 4.78 is 34.7. The lowest BCUT2D eigenvalue weighted by Crippen LogP contribution is -2.56. The van der Waals surface area contributed by atoms with Crippen molar-refractivity contribution in [2.75, 3.05) is 18.0 Å². The highest BCUT2D eigenvalue weighted by Gasteiger charge is 2.35. The van der Waals surface area contributed by atoms with Gasteiger partial charge in [-0.05, 0) is 80.8 Å². The minimum Gasteiger partial charge on any atom is -0.497 e. The van der Waals surface area contributed by atoms with Gasteiger partial charge in [0.25, 0.3) is 10.0 Å². The molecular formula is C36H41N3O5S. The van der Waals surface area contributed by atoms with Gasteiger partial charge in [-0.25, -0.2) is 8.42 Å². The lowest BCUT2D eigenvalue weighted by atomic mass is 10.0. The van der Waals surface area contributed by atoms with Gasteiger partial charge in [0.05, 0.1) is 17.7 Å². The van der Waals surface area contributed by atoms with Crippen LogP contribution in [0.25, 0.3) is 0 Å². The van der Waals surface area contributed by atoms with Crippen LogP contribution in [0.2, 0.25) is 0 Å². The van der Waals surface area contributed by atoms with Crippen molar-refractivity contribution in [3.05, 3.63) is 126 Å². The molecule has 9 heteroatoms. The second-order valence-electron chi connectivity index (χ2n) is 12.0. The summed E-state index contributed by atoms with van der Waals surface area (Å²) in [5.74, 6) is -0.258. The Labute approximate surface area is 266 Å². The lowest BCUT2D eigenvalue weighted by Gasteiger charge is -2.35. The molecule has 0 heterocycles. The SMILES string of the molecule is COc1cccc(CN(C(=O)CN(c2cccc(C)c2)S(=O)(=O)c2ccccc2)[C@H](Cc2ccccc2)C(=O)NC(C)(C)C)c1. The molecule has 0 fully saturated rings. The van der Waals surface area contributed by atoms with Crippen LogP contribution in [0.15, 0.2) is 114 Å². The number of anilines is 1. The fraction of sp³-hybridized carbons (Fsp3) is 0.278. The standard InChI is InChI=1S/C36H41N3O5S/c1-27-14-12-18-30(22-27)39(45(42,43)32-20-10-7-11-21-32)26-34(40)38(25-29-17-13-19-31(23-29)44-5)33(35(41)37-36(2,3)4)24-28-15-8-6-9-16-28/h6-23,33H,24-26H2,1-5H3,(H,37,41)/t33-/m1/s1. The molecule has 0 saturated heterocycles. The maximum absolute atomic E-state index is 14.6. The van der Waals surface area contributed by atoms with Gasteiger partial charge in [-0.1, -0.05) is 72.8 Å². The predicted molar refractivity (Wildman–Crippen MR) is 178 cm³/mol. The van der Waals surface area contributed by atoms with Gasteiger partial charge in [0.15, 0.2) is 0 Å². The number of amides is 2. The zero-order chi connectivity index (χ0) is 32.6. The minimum absolute atomic E-state index is 0.0537. The lowest BCUT2D eigenvalue weighted by molar-refractivity contribution is -0.140. The normalized spacial score (nSPS) is 12.2. The number of hydrogen-bond acceptors (Lipinski definition) is 5. The van der Waals surface area contributed by atoms with Crippen molar-refractivity contribution in [2.24, 2.45) is 0 Å². The molecule has 1 atom stereocenters. The van der Waals surface area contributed by atoms with Crippen molar-refractivity contribution in [3.63, 3.8) is 0 Å². The topological polar surface area (TPSA) is 96.0 Å². The fourth-order valence-electron chi connectivity index (χ4n) is 5.01. The van der Waals surface area contributed by atoms with Crippen LogP contribution in [0.3, 0.4) is 0 Å². The molecule has 0 bridgehead atoms. The number of ether oxygens (including phenoxy) is 1. The number of rotatable bonds is 12. The predicted octanol–water partition coefficient (Wildman–Crippen LogP) is 5.75. The van der Waals surface area contributed by atoms with E-state index in [0.717, 1.165) is 21.0 Å². The molecule has 0 spiro atoms. The third-order valence-electron chi connectivity index (χ3n) is 7.16. The molecule has 4 rings (SSSR count). The molecule has 4 aromatic rings. The molecule has 1 N–H and O–H groups in total. The quantitative estimate of drug-likeness (QED) is 0.216. The Balaban J connectivity index is 1.82. The summed E-state index contributed by atoms with van der Waals surface area (Å²) in [6.45, 7) is 7.04. The molecule has 0 aliphatic carbocycles. The van der Waals surface area contributed by atoms with Crippen LogP contribution in [0.4, 0.5) is 5.69 Å². The number of methoxy groups -OCH3 is 1. The van der Waals surface area contributed by atoms with E-state index in [1.165, 1.54) is 17.0 Å². The van der Waals surface area contributed by atoms with Crippen LogP contribution in [-0.2, 0) is 32.6 Å². The zero-order valence-electron chi connectivity index (χ0n) is 26.4. The summed E-state index contributed by atoms with van der Waals surface area (Å²) in [6.07, 6.45) is 0.230. The molecule has 4 aromatic carbocycles. The minimum atomic E-state index is -4.15. The number of hydrogen-bond donors (Lipinski definition) is 1. The summed E-state index contributed by atoms with van der Waals surface area (Å²) in [5.41, 5.74) is 2.22. The van der Waals surface area contributed by atoms with Crippen LogP contribution in [0.5, 0.6) is 5.75 Å². The van der Waals surface area contributed by atoms with E-state index in [0.29, 0.717) is 11.4 Å². The second kappa shape index (κ2) is 14.4. The highest BCUT2D eigenvalue weighted by molar-refractivity contribution is 7.92. The van der Waals surface area contributed by atoms with E-state index in [1.54, 1.807) is 55.6 Å². The summed E-state index contributed by atoms with van der Waals surface area (Å²) in [4.78, 5) is 30.1. The summed E-state index contributed by atoms with van der Waals surface area (Å²) in [6, 6.07) is 30.9. The van der Waals surface area contributed by atoms with Crippen molar-refractivity contribution in [1.82, 2.24) is 10.2 Å². The zero-order valence-corrected chi connectivity index (χ0v) is 27.3.